The predicted molar refractivity (Wildman–Crippen MR) is 79.2 cm³/mol. The van der Waals surface area contributed by atoms with Crippen molar-refractivity contribution in [2.24, 2.45) is 0 Å². The fourth-order valence-electron chi connectivity index (χ4n) is 1.76. The van der Waals surface area contributed by atoms with Gasteiger partial charge in [0.1, 0.15) is 5.31 Å². The molecule has 1 fully saturated rings. The third kappa shape index (κ3) is 3.33. The average molecular weight is 335 g/mol. The fraction of sp³-hybridized carbons (Fsp3) is 0.308. The lowest BCUT2D eigenvalue weighted by Crippen LogP contribution is -2.12. The lowest BCUT2D eigenvalue weighted by molar-refractivity contribution is -0.113. The quantitative estimate of drug-likeness (QED) is 0.600. The molecule has 1 aromatic carbocycles. The molecule has 1 saturated heterocycles. The van der Waals surface area contributed by atoms with Crippen LogP contribution in [0.2, 0.25) is 10.0 Å². The van der Waals surface area contributed by atoms with Gasteiger partial charge < -0.3 is 9.05 Å². The summed E-state index contributed by atoms with van der Waals surface area (Å²) in [6.07, 6.45) is 2.07. The molecule has 1 aliphatic heterocycles. The van der Waals surface area contributed by atoms with Crippen molar-refractivity contribution >= 4 is 42.7 Å². The SMILES string of the molecule is CC(=O)/C(=C/c1cccc(Cl)c1Cl)P1(=O)OCCCO1. The van der Waals surface area contributed by atoms with Gasteiger partial charge in [-0.1, -0.05) is 35.3 Å². The van der Waals surface area contributed by atoms with Crippen LogP contribution in [-0.2, 0) is 18.4 Å². The van der Waals surface area contributed by atoms with Crippen LogP contribution in [0.1, 0.15) is 18.9 Å². The first-order chi connectivity index (χ1) is 9.44. The van der Waals surface area contributed by atoms with E-state index in [1.165, 1.54) is 13.0 Å². The summed E-state index contributed by atoms with van der Waals surface area (Å²) in [5, 5.41) is 0.630. The molecule has 0 N–H and O–H groups in total. The highest BCUT2D eigenvalue weighted by Crippen LogP contribution is 2.58. The van der Waals surface area contributed by atoms with E-state index in [4.69, 9.17) is 32.2 Å². The van der Waals surface area contributed by atoms with Crippen LogP contribution in [0.4, 0.5) is 0 Å². The van der Waals surface area contributed by atoms with Gasteiger partial charge in [0.25, 0.3) is 0 Å². The zero-order valence-corrected chi connectivity index (χ0v) is 13.2. The Morgan fingerprint density at radius 1 is 1.30 bits per heavy atom. The van der Waals surface area contributed by atoms with Gasteiger partial charge in [-0.25, -0.2) is 0 Å². The molecular weight excluding hydrogens is 322 g/mol. The number of ketones is 1. The Balaban J connectivity index is 2.48. The molecule has 1 aromatic rings. The van der Waals surface area contributed by atoms with E-state index in [0.29, 0.717) is 30.2 Å². The first-order valence-corrected chi connectivity index (χ1v) is 8.30. The first kappa shape index (κ1) is 15.7. The van der Waals surface area contributed by atoms with E-state index in [1.54, 1.807) is 18.2 Å². The average Bonchev–Trinajstić information content (AvgIpc) is 2.40. The van der Waals surface area contributed by atoms with Crippen molar-refractivity contribution in [2.45, 2.75) is 13.3 Å². The molecule has 0 unspecified atom stereocenters. The minimum absolute atomic E-state index is 0.0126. The molecular formula is C13H13Cl2O4P. The topological polar surface area (TPSA) is 52.6 Å². The minimum atomic E-state index is -3.57. The van der Waals surface area contributed by atoms with Gasteiger partial charge in [0.2, 0.25) is 0 Å². The zero-order chi connectivity index (χ0) is 14.8. The summed E-state index contributed by atoms with van der Waals surface area (Å²) in [6.45, 7) is 1.90. The number of Topliss-reactive ketones (excluding diaryl/α,β-unsaturated/α-hetero) is 1. The molecule has 0 aliphatic carbocycles. The highest BCUT2D eigenvalue weighted by molar-refractivity contribution is 7.60. The van der Waals surface area contributed by atoms with Crippen LogP contribution < -0.4 is 0 Å². The number of hydrogen-bond acceptors (Lipinski definition) is 4. The van der Waals surface area contributed by atoms with Crippen LogP contribution in [0.3, 0.4) is 0 Å². The normalized spacial score (nSPS) is 18.9. The number of hydrogen-bond donors (Lipinski definition) is 0. The number of benzene rings is 1. The van der Waals surface area contributed by atoms with Gasteiger partial charge in [-0.15, -0.1) is 0 Å². The number of carbonyl (C=O) groups excluding carboxylic acids is 1. The van der Waals surface area contributed by atoms with Crippen LogP contribution in [-0.4, -0.2) is 19.0 Å². The van der Waals surface area contributed by atoms with Gasteiger partial charge in [-0.05, 0) is 31.1 Å². The van der Waals surface area contributed by atoms with Crippen molar-refractivity contribution in [1.29, 1.82) is 0 Å². The van der Waals surface area contributed by atoms with Gasteiger partial charge in [-0.2, -0.15) is 0 Å². The highest BCUT2D eigenvalue weighted by atomic mass is 35.5. The maximum absolute atomic E-state index is 12.6. The minimum Gasteiger partial charge on any atom is -0.305 e. The van der Waals surface area contributed by atoms with E-state index in [9.17, 15) is 9.36 Å². The summed E-state index contributed by atoms with van der Waals surface area (Å²) in [4.78, 5) is 11.8. The molecule has 1 heterocycles. The Labute approximate surface area is 127 Å². The third-order valence-corrected chi connectivity index (χ3v) is 5.65. The summed E-state index contributed by atoms with van der Waals surface area (Å²) in [6, 6.07) is 4.99. The van der Waals surface area contributed by atoms with Crippen LogP contribution >= 0.6 is 30.8 Å². The monoisotopic (exact) mass is 334 g/mol. The molecule has 4 nitrogen and oxygen atoms in total. The second-order valence-electron chi connectivity index (χ2n) is 4.25. The Hall–Kier alpha value is -0.640. The van der Waals surface area contributed by atoms with E-state index >= 15 is 0 Å². The van der Waals surface area contributed by atoms with Gasteiger partial charge in [0.05, 0.1) is 23.3 Å². The molecule has 20 heavy (non-hydrogen) atoms. The lowest BCUT2D eigenvalue weighted by atomic mass is 10.2. The molecule has 1 aliphatic rings. The largest absolute Gasteiger partial charge is 0.364 e. The molecule has 0 atom stereocenters. The standard InChI is InChI=1S/C13H13Cl2O4P/c1-9(16)12(20(17)18-6-3-7-19-20)8-10-4-2-5-11(14)13(10)15/h2,4-5,8H,3,6-7H2,1H3/b12-8-. The Morgan fingerprint density at radius 3 is 2.55 bits per heavy atom. The maximum Gasteiger partial charge on any atom is 0.364 e. The van der Waals surface area contributed by atoms with E-state index in [2.05, 4.69) is 0 Å². The lowest BCUT2D eigenvalue weighted by Gasteiger charge is -2.24. The van der Waals surface area contributed by atoms with Crippen molar-refractivity contribution in [3.8, 4) is 0 Å². The van der Waals surface area contributed by atoms with Gasteiger partial charge in [-0.3, -0.25) is 9.36 Å². The molecule has 0 amide bonds. The van der Waals surface area contributed by atoms with Crippen LogP contribution in [0.25, 0.3) is 6.08 Å². The second-order valence-corrected chi connectivity index (χ2v) is 7.02. The van der Waals surface area contributed by atoms with Gasteiger partial charge in [0.15, 0.2) is 5.78 Å². The van der Waals surface area contributed by atoms with E-state index in [0.717, 1.165) is 0 Å². The molecule has 2 rings (SSSR count). The molecule has 7 heteroatoms. The van der Waals surface area contributed by atoms with Crippen LogP contribution in [0.5, 0.6) is 0 Å². The summed E-state index contributed by atoms with van der Waals surface area (Å²) >= 11 is 12.0. The van der Waals surface area contributed by atoms with Crippen molar-refractivity contribution in [3.05, 3.63) is 39.1 Å². The van der Waals surface area contributed by atoms with Crippen molar-refractivity contribution in [3.63, 3.8) is 0 Å². The molecule has 0 saturated carbocycles. The van der Waals surface area contributed by atoms with Gasteiger partial charge >= 0.3 is 7.60 Å². The Morgan fingerprint density at radius 2 is 1.95 bits per heavy atom. The molecule has 0 spiro atoms. The highest BCUT2D eigenvalue weighted by Gasteiger charge is 2.35. The third-order valence-electron chi connectivity index (χ3n) is 2.74. The van der Waals surface area contributed by atoms with Crippen LogP contribution in [0, 0.1) is 0 Å². The molecule has 0 radical (unpaired) electrons. The van der Waals surface area contributed by atoms with E-state index < -0.39 is 7.60 Å². The fourth-order valence-corrected chi connectivity index (χ4v) is 3.89. The molecule has 0 bridgehead atoms. The van der Waals surface area contributed by atoms with Crippen molar-refractivity contribution in [2.75, 3.05) is 13.2 Å². The van der Waals surface area contributed by atoms with E-state index in [1.807, 2.05) is 0 Å². The summed E-state index contributed by atoms with van der Waals surface area (Å²) < 4.78 is 23.0. The summed E-state index contributed by atoms with van der Waals surface area (Å²) in [5.74, 6) is -0.383. The Bertz CT molecular complexity index is 602. The number of carbonyl (C=O) groups is 1. The van der Waals surface area contributed by atoms with E-state index in [-0.39, 0.29) is 16.1 Å². The predicted octanol–water partition coefficient (Wildman–Crippen LogP) is 4.55. The van der Waals surface area contributed by atoms with Crippen molar-refractivity contribution < 1.29 is 18.4 Å². The number of rotatable bonds is 3. The first-order valence-electron chi connectivity index (χ1n) is 6.00. The number of halogens is 2. The number of allylic oxidation sites excluding steroid dienone is 1. The second kappa shape index (κ2) is 6.42. The summed E-state index contributed by atoms with van der Waals surface area (Å²) in [5.41, 5.74) is 0.498. The maximum atomic E-state index is 12.6. The Kier molecular flexibility index (Phi) is 5.05. The van der Waals surface area contributed by atoms with Crippen molar-refractivity contribution in [1.82, 2.24) is 0 Å². The zero-order valence-electron chi connectivity index (χ0n) is 10.8. The smallest absolute Gasteiger partial charge is 0.305 e. The summed E-state index contributed by atoms with van der Waals surface area (Å²) in [7, 11) is -3.57. The van der Waals surface area contributed by atoms with Crippen LogP contribution in [0.15, 0.2) is 23.5 Å². The molecule has 108 valence electrons. The molecule has 0 aromatic heterocycles. The van der Waals surface area contributed by atoms with Gasteiger partial charge in [0, 0.05) is 0 Å².